The molecule has 76 valence electrons. The first-order valence-electron chi connectivity index (χ1n) is 5.23. The van der Waals surface area contributed by atoms with Crippen molar-refractivity contribution in [2.75, 3.05) is 25.1 Å². The van der Waals surface area contributed by atoms with Gasteiger partial charge < -0.3 is 10.1 Å². The van der Waals surface area contributed by atoms with Gasteiger partial charge in [-0.3, -0.25) is 0 Å². The molecule has 0 radical (unpaired) electrons. The molecular formula is C11H15NOS. The highest BCUT2D eigenvalue weighted by molar-refractivity contribution is 7.16. The van der Waals surface area contributed by atoms with Crippen LogP contribution in [0.1, 0.15) is 23.3 Å². The highest BCUT2D eigenvalue weighted by atomic mass is 32.1. The number of aryl methyl sites for hydroxylation is 1. The monoisotopic (exact) mass is 209 g/mol. The van der Waals surface area contributed by atoms with Gasteiger partial charge in [-0.2, -0.15) is 0 Å². The number of nitrogens with one attached hydrogen (secondary N) is 1. The van der Waals surface area contributed by atoms with Crippen molar-refractivity contribution >= 4 is 16.3 Å². The summed E-state index contributed by atoms with van der Waals surface area (Å²) < 4.78 is 5.45. The molecule has 2 nitrogen and oxygen atoms in total. The fourth-order valence-corrected chi connectivity index (χ4v) is 3.62. The molecule has 0 aromatic carbocycles. The third-order valence-electron chi connectivity index (χ3n) is 3.46. The second kappa shape index (κ2) is 2.97. The van der Waals surface area contributed by atoms with Crippen molar-refractivity contribution in [3.05, 3.63) is 16.5 Å². The van der Waals surface area contributed by atoms with Gasteiger partial charge in [-0.05, 0) is 31.4 Å². The van der Waals surface area contributed by atoms with E-state index in [1.54, 1.807) is 5.56 Å². The summed E-state index contributed by atoms with van der Waals surface area (Å²) in [7, 11) is 0. The van der Waals surface area contributed by atoms with E-state index in [2.05, 4.69) is 18.3 Å². The van der Waals surface area contributed by atoms with Gasteiger partial charge in [-0.1, -0.05) is 0 Å². The first-order chi connectivity index (χ1) is 6.80. The van der Waals surface area contributed by atoms with Gasteiger partial charge in [0.25, 0.3) is 0 Å². The molecule has 0 saturated carbocycles. The zero-order valence-corrected chi connectivity index (χ0v) is 9.25. The number of anilines is 1. The Labute approximate surface area is 88.3 Å². The van der Waals surface area contributed by atoms with Gasteiger partial charge in [0, 0.05) is 30.1 Å². The van der Waals surface area contributed by atoms with Crippen LogP contribution in [0.25, 0.3) is 0 Å². The molecule has 0 unspecified atom stereocenters. The number of thiophene rings is 1. The molecule has 3 heteroatoms. The average molecular weight is 209 g/mol. The molecule has 3 rings (SSSR count). The van der Waals surface area contributed by atoms with E-state index in [9.17, 15) is 0 Å². The van der Waals surface area contributed by atoms with Gasteiger partial charge in [0.1, 0.15) is 0 Å². The Morgan fingerprint density at radius 3 is 3.00 bits per heavy atom. The maximum Gasteiger partial charge on any atom is 0.0924 e. The summed E-state index contributed by atoms with van der Waals surface area (Å²) in [5, 5.41) is 4.95. The number of ether oxygens (including phenoxy) is 1. The molecule has 0 bridgehead atoms. The molecule has 0 amide bonds. The summed E-state index contributed by atoms with van der Waals surface area (Å²) in [5.41, 5.74) is 1.96. The lowest BCUT2D eigenvalue weighted by molar-refractivity contribution is 0.0567. The largest absolute Gasteiger partial charge is 0.381 e. The second-order valence-electron chi connectivity index (χ2n) is 4.35. The lowest BCUT2D eigenvalue weighted by atomic mass is 9.77. The van der Waals surface area contributed by atoms with Crippen LogP contribution in [0.5, 0.6) is 0 Å². The van der Waals surface area contributed by atoms with E-state index in [1.165, 1.54) is 22.7 Å². The predicted octanol–water partition coefficient (Wildman–Crippen LogP) is 2.53. The van der Waals surface area contributed by atoms with Gasteiger partial charge in [-0.15, -0.1) is 11.3 Å². The Morgan fingerprint density at radius 2 is 2.21 bits per heavy atom. The molecule has 1 fully saturated rings. The summed E-state index contributed by atoms with van der Waals surface area (Å²) in [5.74, 6) is 0. The van der Waals surface area contributed by atoms with Crippen molar-refractivity contribution in [1.82, 2.24) is 0 Å². The normalized spacial score (nSPS) is 23.5. The minimum Gasteiger partial charge on any atom is -0.381 e. The maximum atomic E-state index is 5.45. The number of hydrogen-bond donors (Lipinski definition) is 1. The van der Waals surface area contributed by atoms with Crippen LogP contribution in [-0.2, 0) is 10.2 Å². The van der Waals surface area contributed by atoms with Crippen LogP contribution in [-0.4, -0.2) is 19.8 Å². The van der Waals surface area contributed by atoms with Crippen LogP contribution in [0.3, 0.4) is 0 Å². The number of fused-ring (bicyclic) bond motifs is 2. The molecule has 1 spiro atoms. The Balaban J connectivity index is 2.01. The fourth-order valence-electron chi connectivity index (χ4n) is 2.59. The summed E-state index contributed by atoms with van der Waals surface area (Å²) in [6.45, 7) is 5.17. The van der Waals surface area contributed by atoms with Crippen molar-refractivity contribution < 1.29 is 4.74 Å². The van der Waals surface area contributed by atoms with Crippen LogP contribution < -0.4 is 5.32 Å². The van der Waals surface area contributed by atoms with Gasteiger partial charge >= 0.3 is 0 Å². The number of hydrogen-bond acceptors (Lipinski definition) is 3. The lowest BCUT2D eigenvalue weighted by Crippen LogP contribution is -2.35. The van der Waals surface area contributed by atoms with E-state index >= 15 is 0 Å². The standard InChI is InChI=1S/C11H15NOS/c1-8-6-9-10(14-8)12-7-11(9)2-4-13-5-3-11/h6,12H,2-5,7H2,1H3. The van der Waals surface area contributed by atoms with E-state index in [1.807, 2.05) is 11.3 Å². The first kappa shape index (κ1) is 8.74. The van der Waals surface area contributed by atoms with E-state index in [0.29, 0.717) is 5.41 Å². The molecule has 0 atom stereocenters. The minimum atomic E-state index is 0.401. The molecule has 2 aliphatic heterocycles. The first-order valence-corrected chi connectivity index (χ1v) is 6.04. The molecule has 1 aromatic rings. The quantitative estimate of drug-likeness (QED) is 0.709. The maximum absolute atomic E-state index is 5.45. The molecule has 3 heterocycles. The van der Waals surface area contributed by atoms with E-state index < -0.39 is 0 Å². The molecule has 2 aliphatic rings. The van der Waals surface area contributed by atoms with Crippen molar-refractivity contribution in [1.29, 1.82) is 0 Å². The Morgan fingerprint density at radius 1 is 1.43 bits per heavy atom. The van der Waals surface area contributed by atoms with Gasteiger partial charge in [-0.25, -0.2) is 0 Å². The highest BCUT2D eigenvalue weighted by Gasteiger charge is 2.41. The van der Waals surface area contributed by atoms with E-state index in [4.69, 9.17) is 4.74 Å². The van der Waals surface area contributed by atoms with Crippen LogP contribution in [0.4, 0.5) is 5.00 Å². The molecule has 1 aromatic heterocycles. The predicted molar refractivity (Wildman–Crippen MR) is 59.3 cm³/mol. The zero-order chi connectivity index (χ0) is 9.60. The van der Waals surface area contributed by atoms with Crippen molar-refractivity contribution in [3.63, 3.8) is 0 Å². The van der Waals surface area contributed by atoms with Gasteiger partial charge in [0.15, 0.2) is 0 Å². The Bertz CT molecular complexity index is 352. The smallest absolute Gasteiger partial charge is 0.0924 e. The molecule has 0 aliphatic carbocycles. The van der Waals surface area contributed by atoms with Crippen molar-refractivity contribution in [3.8, 4) is 0 Å². The summed E-state index contributed by atoms with van der Waals surface area (Å²) in [6, 6.07) is 2.37. The van der Waals surface area contributed by atoms with E-state index in [-0.39, 0.29) is 0 Å². The van der Waals surface area contributed by atoms with Crippen LogP contribution in [0.2, 0.25) is 0 Å². The summed E-state index contributed by atoms with van der Waals surface area (Å²) >= 11 is 1.89. The highest BCUT2D eigenvalue weighted by Crippen LogP contribution is 2.47. The number of rotatable bonds is 0. The van der Waals surface area contributed by atoms with Crippen LogP contribution in [0, 0.1) is 6.92 Å². The lowest BCUT2D eigenvalue weighted by Gasteiger charge is -2.32. The van der Waals surface area contributed by atoms with Gasteiger partial charge in [0.05, 0.1) is 5.00 Å². The molecule has 1 saturated heterocycles. The van der Waals surface area contributed by atoms with Gasteiger partial charge in [0.2, 0.25) is 0 Å². The van der Waals surface area contributed by atoms with Crippen LogP contribution in [0.15, 0.2) is 6.07 Å². The molecule has 14 heavy (non-hydrogen) atoms. The molecule has 1 N–H and O–H groups in total. The minimum absolute atomic E-state index is 0.401. The summed E-state index contributed by atoms with van der Waals surface area (Å²) in [6.07, 6.45) is 2.37. The Hall–Kier alpha value is -0.540. The Kier molecular flexibility index (Phi) is 1.86. The zero-order valence-electron chi connectivity index (χ0n) is 8.43. The van der Waals surface area contributed by atoms with Crippen molar-refractivity contribution in [2.45, 2.75) is 25.2 Å². The average Bonchev–Trinajstić information content (AvgIpc) is 2.70. The SMILES string of the molecule is Cc1cc2c(s1)NCC21CCOCC1. The summed E-state index contributed by atoms with van der Waals surface area (Å²) in [4.78, 5) is 1.42. The molecular weight excluding hydrogens is 194 g/mol. The fraction of sp³-hybridized carbons (Fsp3) is 0.636. The van der Waals surface area contributed by atoms with Crippen LogP contribution >= 0.6 is 11.3 Å². The third-order valence-corrected chi connectivity index (χ3v) is 4.47. The van der Waals surface area contributed by atoms with Crippen molar-refractivity contribution in [2.24, 2.45) is 0 Å². The second-order valence-corrected chi connectivity index (χ2v) is 5.60. The van der Waals surface area contributed by atoms with E-state index in [0.717, 1.165) is 19.8 Å². The topological polar surface area (TPSA) is 21.3 Å². The third kappa shape index (κ3) is 1.12.